The van der Waals surface area contributed by atoms with Crippen LogP contribution >= 0.6 is 11.3 Å². The average Bonchev–Trinajstić information content (AvgIpc) is 3.37. The summed E-state index contributed by atoms with van der Waals surface area (Å²) < 4.78 is 12.0. The summed E-state index contributed by atoms with van der Waals surface area (Å²) >= 11 is 1.50. The molecule has 0 fully saturated rings. The number of carbonyl (C=O) groups excluding carboxylic acids is 1. The van der Waals surface area contributed by atoms with Crippen LogP contribution in [-0.2, 0) is 0 Å². The smallest absolute Gasteiger partial charge is 0.291 e. The molecule has 0 aliphatic heterocycles. The number of para-hydroxylation sites is 2. The van der Waals surface area contributed by atoms with Crippen LogP contribution in [0.4, 0.5) is 5.69 Å². The minimum Gasteiger partial charge on any atom is -0.507 e. The number of anilines is 1. The molecule has 5 aromatic rings. The maximum absolute atomic E-state index is 12.6. The molecule has 148 valence electrons. The second-order valence-electron chi connectivity index (χ2n) is 6.66. The molecule has 0 spiro atoms. The van der Waals surface area contributed by atoms with Gasteiger partial charge in [0.1, 0.15) is 10.8 Å². The molecule has 0 saturated heterocycles. The van der Waals surface area contributed by atoms with Crippen LogP contribution < -0.4 is 10.1 Å². The minimum absolute atomic E-state index is 0.0399. The quantitative estimate of drug-likeness (QED) is 0.394. The second-order valence-corrected chi connectivity index (χ2v) is 7.69. The summed E-state index contributed by atoms with van der Waals surface area (Å²) in [5, 5.41) is 14.8. The monoisotopic (exact) mass is 416 g/mol. The number of aromatic hydroxyl groups is 1. The molecule has 2 aromatic heterocycles. The summed E-state index contributed by atoms with van der Waals surface area (Å²) in [6.45, 7) is 0. The van der Waals surface area contributed by atoms with E-state index in [1.54, 1.807) is 31.4 Å². The third kappa shape index (κ3) is 3.15. The van der Waals surface area contributed by atoms with Crippen molar-refractivity contribution in [3.05, 3.63) is 72.5 Å². The van der Waals surface area contributed by atoms with E-state index in [-0.39, 0.29) is 11.5 Å². The van der Waals surface area contributed by atoms with Crippen LogP contribution in [0, 0.1) is 0 Å². The molecule has 3 aromatic carbocycles. The van der Waals surface area contributed by atoms with Gasteiger partial charge in [-0.1, -0.05) is 24.3 Å². The minimum atomic E-state index is -0.416. The van der Waals surface area contributed by atoms with Gasteiger partial charge in [-0.15, -0.1) is 11.3 Å². The maximum atomic E-state index is 12.6. The van der Waals surface area contributed by atoms with E-state index in [1.165, 1.54) is 17.4 Å². The van der Waals surface area contributed by atoms with E-state index < -0.39 is 5.91 Å². The van der Waals surface area contributed by atoms with Gasteiger partial charge in [-0.05, 0) is 36.4 Å². The number of rotatable bonds is 4. The molecule has 0 aliphatic rings. The summed E-state index contributed by atoms with van der Waals surface area (Å²) in [5.41, 5.74) is 2.46. The number of aromatic nitrogens is 1. The summed E-state index contributed by atoms with van der Waals surface area (Å²) in [7, 11) is 1.55. The number of nitrogens with zero attached hydrogens (tertiary/aromatic N) is 1. The van der Waals surface area contributed by atoms with E-state index in [0.717, 1.165) is 20.6 Å². The molecule has 1 amide bonds. The fraction of sp³-hybridized carbons (Fsp3) is 0.0435. The number of furan rings is 1. The summed E-state index contributed by atoms with van der Waals surface area (Å²) in [6.07, 6.45) is 0. The molecule has 0 atom stereocenters. The fourth-order valence-electron chi connectivity index (χ4n) is 3.28. The lowest BCUT2D eigenvalue weighted by Crippen LogP contribution is -2.10. The Balaban J connectivity index is 1.41. The first-order valence-electron chi connectivity index (χ1n) is 9.19. The number of nitrogens with one attached hydrogen (secondary N) is 1. The molecular weight excluding hydrogens is 400 g/mol. The van der Waals surface area contributed by atoms with Gasteiger partial charge in [-0.25, -0.2) is 4.98 Å². The van der Waals surface area contributed by atoms with Gasteiger partial charge in [0.05, 0.1) is 22.9 Å². The highest BCUT2D eigenvalue weighted by atomic mass is 32.1. The third-order valence-corrected chi connectivity index (χ3v) is 5.80. The first kappa shape index (κ1) is 18.2. The zero-order valence-electron chi connectivity index (χ0n) is 15.9. The van der Waals surface area contributed by atoms with Crippen molar-refractivity contribution in [3.8, 4) is 22.1 Å². The Morgan fingerprint density at radius 3 is 2.77 bits per heavy atom. The zero-order valence-corrected chi connectivity index (χ0v) is 16.7. The van der Waals surface area contributed by atoms with E-state index in [4.69, 9.17) is 9.15 Å². The number of hydrogen-bond acceptors (Lipinski definition) is 6. The number of ether oxygens (including phenoxy) is 1. The van der Waals surface area contributed by atoms with Gasteiger partial charge in [-0.3, -0.25) is 4.79 Å². The highest BCUT2D eigenvalue weighted by molar-refractivity contribution is 7.21. The zero-order chi connectivity index (χ0) is 20.7. The molecule has 6 nitrogen and oxygen atoms in total. The van der Waals surface area contributed by atoms with Crippen LogP contribution in [0.5, 0.6) is 11.5 Å². The second kappa shape index (κ2) is 7.20. The molecule has 7 heteroatoms. The number of amides is 1. The van der Waals surface area contributed by atoms with Gasteiger partial charge in [0.25, 0.3) is 5.91 Å². The lowest BCUT2D eigenvalue weighted by atomic mass is 10.2. The van der Waals surface area contributed by atoms with Crippen molar-refractivity contribution in [1.29, 1.82) is 0 Å². The van der Waals surface area contributed by atoms with Crippen LogP contribution in [-0.4, -0.2) is 23.1 Å². The fourth-order valence-corrected chi connectivity index (χ4v) is 4.28. The molecule has 0 radical (unpaired) electrons. The van der Waals surface area contributed by atoms with E-state index in [9.17, 15) is 9.90 Å². The van der Waals surface area contributed by atoms with Gasteiger partial charge in [0.15, 0.2) is 17.1 Å². The highest BCUT2D eigenvalue weighted by Crippen LogP contribution is 2.36. The molecule has 2 N–H and O–H groups in total. The van der Waals surface area contributed by atoms with E-state index in [2.05, 4.69) is 10.3 Å². The predicted octanol–water partition coefficient (Wildman–Crippen LogP) is 5.68. The lowest BCUT2D eigenvalue weighted by molar-refractivity contribution is 0.0998. The van der Waals surface area contributed by atoms with Crippen molar-refractivity contribution < 1.29 is 19.1 Å². The number of benzene rings is 3. The first-order chi connectivity index (χ1) is 14.6. The number of fused-ring (bicyclic) bond motifs is 2. The Morgan fingerprint density at radius 1 is 1.10 bits per heavy atom. The molecule has 2 heterocycles. The van der Waals surface area contributed by atoms with Crippen molar-refractivity contribution >= 4 is 44.1 Å². The summed E-state index contributed by atoms with van der Waals surface area (Å²) in [6, 6.07) is 19.9. The summed E-state index contributed by atoms with van der Waals surface area (Å²) in [4.78, 5) is 17.2. The Labute approximate surface area is 175 Å². The predicted molar refractivity (Wildman–Crippen MR) is 117 cm³/mol. The third-order valence-electron chi connectivity index (χ3n) is 4.73. The normalized spacial score (nSPS) is 11.1. The molecule has 0 unspecified atom stereocenters. The van der Waals surface area contributed by atoms with E-state index >= 15 is 0 Å². The highest BCUT2D eigenvalue weighted by Gasteiger charge is 2.16. The Hall–Kier alpha value is -3.84. The number of phenolic OH excluding ortho intramolecular Hbond substituents is 1. The van der Waals surface area contributed by atoms with Crippen molar-refractivity contribution in [2.75, 3.05) is 12.4 Å². The first-order valence-corrected chi connectivity index (χ1v) is 10.0. The molecule has 0 saturated carbocycles. The largest absolute Gasteiger partial charge is 0.507 e. The van der Waals surface area contributed by atoms with Crippen molar-refractivity contribution in [1.82, 2.24) is 4.98 Å². The number of methoxy groups -OCH3 is 1. The van der Waals surface area contributed by atoms with Gasteiger partial charge >= 0.3 is 0 Å². The van der Waals surface area contributed by atoms with Crippen molar-refractivity contribution in [2.24, 2.45) is 0 Å². The van der Waals surface area contributed by atoms with Crippen LogP contribution in [0.15, 0.2) is 71.1 Å². The number of phenols is 1. The molecule has 5 rings (SSSR count). The van der Waals surface area contributed by atoms with E-state index in [1.807, 2.05) is 36.4 Å². The Kier molecular flexibility index (Phi) is 4.37. The van der Waals surface area contributed by atoms with Gasteiger partial charge in [0, 0.05) is 17.1 Å². The molecular formula is C23H16N2O4S. The molecule has 0 bridgehead atoms. The van der Waals surface area contributed by atoms with Crippen LogP contribution in [0.2, 0.25) is 0 Å². The van der Waals surface area contributed by atoms with Crippen molar-refractivity contribution in [3.63, 3.8) is 0 Å². The number of carbonyl (C=O) groups is 1. The van der Waals surface area contributed by atoms with Crippen LogP contribution in [0.3, 0.4) is 0 Å². The van der Waals surface area contributed by atoms with Crippen LogP contribution in [0.25, 0.3) is 31.8 Å². The van der Waals surface area contributed by atoms with Crippen LogP contribution in [0.1, 0.15) is 10.6 Å². The Morgan fingerprint density at radius 2 is 1.97 bits per heavy atom. The van der Waals surface area contributed by atoms with Crippen molar-refractivity contribution in [2.45, 2.75) is 0 Å². The topological polar surface area (TPSA) is 84.6 Å². The molecule has 30 heavy (non-hydrogen) atoms. The SMILES string of the molecule is COc1cccc2cc(C(=O)Nc3ccc(-c4nc5ccccc5s4)c(O)c3)oc12. The number of hydrogen-bond donors (Lipinski definition) is 2. The average molecular weight is 416 g/mol. The standard InChI is InChI=1S/C23H16N2O4S/c1-28-18-7-4-5-13-11-19(29-21(13)18)22(27)24-14-9-10-15(17(26)12-14)23-25-16-6-2-3-8-20(16)30-23/h2-12,26H,1H3,(H,24,27). The van der Waals surface area contributed by atoms with Gasteiger partial charge in [0.2, 0.25) is 0 Å². The number of thiazole rings is 1. The van der Waals surface area contributed by atoms with E-state index in [0.29, 0.717) is 22.6 Å². The Bertz CT molecular complexity index is 1370. The summed E-state index contributed by atoms with van der Waals surface area (Å²) in [5.74, 6) is 0.340. The lowest BCUT2D eigenvalue weighted by Gasteiger charge is -2.06. The maximum Gasteiger partial charge on any atom is 0.291 e. The van der Waals surface area contributed by atoms with Gasteiger partial charge < -0.3 is 19.6 Å². The molecule has 0 aliphatic carbocycles. The van der Waals surface area contributed by atoms with Gasteiger partial charge in [-0.2, -0.15) is 0 Å².